The fourth-order valence-corrected chi connectivity index (χ4v) is 2.93. The van der Waals surface area contributed by atoms with Crippen LogP contribution >= 0.6 is 0 Å². The third-order valence-electron chi connectivity index (χ3n) is 3.92. The molecular weight excluding hydrogens is 290 g/mol. The number of para-hydroxylation sites is 1. The van der Waals surface area contributed by atoms with Crippen molar-refractivity contribution < 1.29 is 14.3 Å². The topological polar surface area (TPSA) is 48.3 Å². The maximum atomic E-state index is 12.4. The van der Waals surface area contributed by atoms with Crippen LogP contribution in [0.1, 0.15) is 28.9 Å². The van der Waals surface area contributed by atoms with Gasteiger partial charge in [-0.3, -0.25) is 14.2 Å². The summed E-state index contributed by atoms with van der Waals surface area (Å²) < 4.78 is 6.58. The molecule has 0 N–H and O–H groups in total. The van der Waals surface area contributed by atoms with Gasteiger partial charge >= 0.3 is 5.97 Å². The molecule has 0 aliphatic heterocycles. The highest BCUT2D eigenvalue weighted by Gasteiger charge is 2.28. The van der Waals surface area contributed by atoms with Crippen LogP contribution in [0.5, 0.6) is 0 Å². The van der Waals surface area contributed by atoms with Crippen molar-refractivity contribution in [2.24, 2.45) is 0 Å². The number of carbonyl (C=O) groups is 2. The molecule has 0 saturated carbocycles. The number of benzene rings is 2. The summed E-state index contributed by atoms with van der Waals surface area (Å²) in [5.74, 6) is -1.16. The predicted octanol–water partition coefficient (Wildman–Crippen LogP) is 3.61. The third kappa shape index (κ3) is 2.63. The maximum absolute atomic E-state index is 12.4. The Morgan fingerprint density at radius 3 is 2.30 bits per heavy atom. The molecule has 4 nitrogen and oxygen atoms in total. The lowest BCUT2D eigenvalue weighted by molar-refractivity contribution is -0.141. The van der Waals surface area contributed by atoms with Gasteiger partial charge in [0.05, 0.1) is 12.6 Å². The van der Waals surface area contributed by atoms with Crippen molar-refractivity contribution in [2.75, 3.05) is 7.11 Å². The molecule has 0 radical (unpaired) electrons. The summed E-state index contributed by atoms with van der Waals surface area (Å²) in [4.78, 5) is 24.6. The van der Waals surface area contributed by atoms with Crippen molar-refractivity contribution in [1.29, 1.82) is 0 Å². The highest BCUT2D eigenvalue weighted by Crippen LogP contribution is 2.31. The highest BCUT2D eigenvalue weighted by molar-refractivity contribution is 5.95. The van der Waals surface area contributed by atoms with Crippen LogP contribution in [-0.4, -0.2) is 23.6 Å². The van der Waals surface area contributed by atoms with Crippen LogP contribution in [0.15, 0.2) is 60.7 Å². The van der Waals surface area contributed by atoms with E-state index in [1.54, 1.807) is 4.57 Å². The predicted molar refractivity (Wildman–Crippen MR) is 88.5 cm³/mol. The van der Waals surface area contributed by atoms with Crippen LogP contribution in [0.25, 0.3) is 10.9 Å². The van der Waals surface area contributed by atoms with Crippen LogP contribution in [0.2, 0.25) is 0 Å². The molecular formula is C19H17NO3. The molecule has 1 heterocycles. The Morgan fingerprint density at radius 1 is 1.00 bits per heavy atom. The Kier molecular flexibility index (Phi) is 3.98. The van der Waals surface area contributed by atoms with E-state index in [-0.39, 0.29) is 11.9 Å². The van der Waals surface area contributed by atoms with Crippen molar-refractivity contribution in [3.05, 3.63) is 71.9 Å². The van der Waals surface area contributed by atoms with E-state index in [0.717, 1.165) is 16.5 Å². The Bertz CT molecular complexity index is 865. The number of nitrogens with zero attached hydrogens (tertiary/aromatic N) is 1. The largest absolute Gasteiger partial charge is 0.468 e. The molecule has 1 unspecified atom stereocenters. The minimum absolute atomic E-state index is 0.133. The van der Waals surface area contributed by atoms with Gasteiger partial charge in [0.2, 0.25) is 5.91 Å². The summed E-state index contributed by atoms with van der Waals surface area (Å²) in [5.41, 5.74) is 2.21. The Morgan fingerprint density at radius 2 is 1.65 bits per heavy atom. The molecule has 3 aromatic rings. The van der Waals surface area contributed by atoms with Gasteiger partial charge in [-0.2, -0.15) is 0 Å². The molecule has 4 heteroatoms. The molecule has 0 bridgehead atoms. The molecule has 23 heavy (non-hydrogen) atoms. The van der Waals surface area contributed by atoms with Crippen molar-refractivity contribution in [3.8, 4) is 0 Å². The summed E-state index contributed by atoms with van der Waals surface area (Å²) in [7, 11) is 1.36. The first-order chi connectivity index (χ1) is 11.1. The minimum atomic E-state index is -0.641. The van der Waals surface area contributed by atoms with Crippen molar-refractivity contribution >= 4 is 22.8 Å². The van der Waals surface area contributed by atoms with Gasteiger partial charge in [0.25, 0.3) is 0 Å². The second kappa shape index (κ2) is 6.08. The van der Waals surface area contributed by atoms with Crippen LogP contribution in [0.3, 0.4) is 0 Å². The van der Waals surface area contributed by atoms with E-state index in [9.17, 15) is 9.59 Å². The molecule has 0 spiro atoms. The molecule has 0 aliphatic rings. The van der Waals surface area contributed by atoms with E-state index in [1.165, 1.54) is 14.0 Å². The number of aromatic nitrogens is 1. The zero-order valence-electron chi connectivity index (χ0n) is 13.0. The standard InChI is InChI=1S/C19H17NO3/c1-13(21)20-16-11-7-6-10-15(16)12-17(20)18(19(22)23-2)14-8-4-3-5-9-14/h3-12,18H,1-2H3. The number of hydrogen-bond donors (Lipinski definition) is 0. The summed E-state index contributed by atoms with van der Waals surface area (Å²) in [6.07, 6.45) is 0. The number of methoxy groups -OCH3 is 1. The second-order valence-electron chi connectivity index (χ2n) is 5.35. The lowest BCUT2D eigenvalue weighted by Crippen LogP contribution is -2.21. The molecule has 0 fully saturated rings. The van der Waals surface area contributed by atoms with Gasteiger partial charge in [0, 0.05) is 18.0 Å². The quantitative estimate of drug-likeness (QED) is 0.695. The van der Waals surface area contributed by atoms with Gasteiger partial charge in [-0.1, -0.05) is 48.5 Å². The number of esters is 1. The van der Waals surface area contributed by atoms with Gasteiger partial charge in [0.1, 0.15) is 5.92 Å². The van der Waals surface area contributed by atoms with Crippen LogP contribution in [-0.2, 0) is 9.53 Å². The van der Waals surface area contributed by atoms with Crippen molar-refractivity contribution in [2.45, 2.75) is 12.8 Å². The molecule has 116 valence electrons. The lowest BCUT2D eigenvalue weighted by atomic mass is 9.95. The second-order valence-corrected chi connectivity index (χ2v) is 5.35. The summed E-state index contributed by atoms with van der Waals surface area (Å²) in [5, 5.41) is 0.919. The Balaban J connectivity index is 2.28. The molecule has 1 atom stereocenters. The molecule has 2 aromatic carbocycles. The average molecular weight is 307 g/mol. The first-order valence-corrected chi connectivity index (χ1v) is 7.37. The van der Waals surface area contributed by atoms with Crippen LogP contribution in [0.4, 0.5) is 0 Å². The lowest BCUT2D eigenvalue weighted by Gasteiger charge is -2.17. The van der Waals surface area contributed by atoms with Crippen molar-refractivity contribution in [3.63, 3.8) is 0 Å². The molecule has 0 amide bonds. The highest BCUT2D eigenvalue weighted by atomic mass is 16.5. The fraction of sp³-hybridized carbons (Fsp3) is 0.158. The molecule has 3 rings (SSSR count). The minimum Gasteiger partial charge on any atom is -0.468 e. The monoisotopic (exact) mass is 307 g/mol. The Hall–Kier alpha value is -2.88. The number of rotatable bonds is 3. The van der Waals surface area contributed by atoms with E-state index in [2.05, 4.69) is 0 Å². The normalized spacial score (nSPS) is 12.1. The fourth-order valence-electron chi connectivity index (χ4n) is 2.93. The van der Waals surface area contributed by atoms with E-state index in [1.807, 2.05) is 60.7 Å². The number of hydrogen-bond acceptors (Lipinski definition) is 3. The first kappa shape index (κ1) is 15.0. The van der Waals surface area contributed by atoms with Gasteiger partial charge in [-0.05, 0) is 17.7 Å². The van der Waals surface area contributed by atoms with E-state index in [0.29, 0.717) is 5.69 Å². The SMILES string of the molecule is COC(=O)C(c1ccccc1)c1cc2ccccc2n1C(C)=O. The van der Waals surface area contributed by atoms with Crippen LogP contribution < -0.4 is 0 Å². The Labute approximate surface area is 134 Å². The molecule has 1 aromatic heterocycles. The zero-order chi connectivity index (χ0) is 16.4. The summed E-state index contributed by atoms with van der Waals surface area (Å²) in [6, 6.07) is 18.8. The average Bonchev–Trinajstić information content (AvgIpc) is 2.95. The molecule has 0 aliphatic carbocycles. The number of ether oxygens (including phenoxy) is 1. The summed E-state index contributed by atoms with van der Waals surface area (Å²) in [6.45, 7) is 1.50. The molecule has 0 saturated heterocycles. The van der Waals surface area contributed by atoms with E-state index in [4.69, 9.17) is 4.74 Å². The zero-order valence-corrected chi connectivity index (χ0v) is 13.0. The first-order valence-electron chi connectivity index (χ1n) is 7.37. The van der Waals surface area contributed by atoms with Gasteiger partial charge < -0.3 is 4.74 Å². The van der Waals surface area contributed by atoms with Gasteiger partial charge in [-0.15, -0.1) is 0 Å². The van der Waals surface area contributed by atoms with Crippen LogP contribution in [0, 0.1) is 0 Å². The van der Waals surface area contributed by atoms with Gasteiger partial charge in [-0.25, -0.2) is 0 Å². The smallest absolute Gasteiger partial charge is 0.319 e. The third-order valence-corrected chi connectivity index (χ3v) is 3.92. The number of fused-ring (bicyclic) bond motifs is 1. The maximum Gasteiger partial charge on any atom is 0.319 e. The van der Waals surface area contributed by atoms with Gasteiger partial charge in [0.15, 0.2) is 0 Å². The van der Waals surface area contributed by atoms with E-state index < -0.39 is 5.92 Å². The number of carbonyl (C=O) groups excluding carboxylic acids is 2. The van der Waals surface area contributed by atoms with E-state index >= 15 is 0 Å². The van der Waals surface area contributed by atoms with Crippen molar-refractivity contribution in [1.82, 2.24) is 4.57 Å². The summed E-state index contributed by atoms with van der Waals surface area (Å²) >= 11 is 0.